The second kappa shape index (κ2) is 8.23. The lowest BCUT2D eigenvalue weighted by Crippen LogP contribution is -2.49. The lowest BCUT2D eigenvalue weighted by Gasteiger charge is -2.33. The van der Waals surface area contributed by atoms with Gasteiger partial charge in [-0.25, -0.2) is 4.98 Å². The van der Waals surface area contributed by atoms with Crippen molar-refractivity contribution in [3.63, 3.8) is 0 Å². The van der Waals surface area contributed by atoms with E-state index in [1.165, 1.54) is 23.5 Å². The van der Waals surface area contributed by atoms with Crippen LogP contribution in [0.4, 0.5) is 10.8 Å². The van der Waals surface area contributed by atoms with Gasteiger partial charge in [0.2, 0.25) is 11.8 Å². The number of amides is 2. The molecule has 1 fully saturated rings. The molecule has 3 rings (SSSR count). The van der Waals surface area contributed by atoms with Gasteiger partial charge < -0.3 is 10.2 Å². The van der Waals surface area contributed by atoms with E-state index in [-0.39, 0.29) is 24.0 Å². The third-order valence-electron chi connectivity index (χ3n) is 4.29. The molecule has 1 N–H and O–H groups in total. The molecule has 2 amide bonds. The number of thiazole rings is 1. The van der Waals surface area contributed by atoms with Crippen molar-refractivity contribution >= 4 is 34.0 Å². The summed E-state index contributed by atoms with van der Waals surface area (Å²) < 4.78 is 0. The van der Waals surface area contributed by atoms with Crippen LogP contribution in [0.1, 0.15) is 6.92 Å². The van der Waals surface area contributed by atoms with Gasteiger partial charge in [-0.05, 0) is 0 Å². The van der Waals surface area contributed by atoms with Crippen molar-refractivity contribution in [2.45, 2.75) is 6.92 Å². The fourth-order valence-corrected chi connectivity index (χ4v) is 3.56. The average Bonchev–Trinajstić information content (AvgIpc) is 3.10. The van der Waals surface area contributed by atoms with Gasteiger partial charge in [-0.15, -0.1) is 11.3 Å². The summed E-state index contributed by atoms with van der Waals surface area (Å²) in [7, 11) is 0. The van der Waals surface area contributed by atoms with E-state index in [2.05, 4.69) is 10.3 Å². The van der Waals surface area contributed by atoms with Gasteiger partial charge in [-0.2, -0.15) is 0 Å². The van der Waals surface area contributed by atoms with Crippen LogP contribution in [0.25, 0.3) is 11.3 Å². The number of anilines is 1. The topological polar surface area (TPSA) is 109 Å². The number of aromatic nitrogens is 1. The summed E-state index contributed by atoms with van der Waals surface area (Å²) >= 11 is 1.27. The maximum atomic E-state index is 12.2. The first-order valence-corrected chi connectivity index (χ1v) is 9.28. The minimum atomic E-state index is -0.454. The van der Waals surface area contributed by atoms with Crippen molar-refractivity contribution < 1.29 is 14.5 Å². The Labute approximate surface area is 159 Å². The van der Waals surface area contributed by atoms with Crippen molar-refractivity contribution in [3.8, 4) is 11.3 Å². The molecule has 2 aromatic rings. The number of nitro groups is 1. The van der Waals surface area contributed by atoms with Crippen molar-refractivity contribution in [1.82, 2.24) is 14.8 Å². The highest BCUT2D eigenvalue weighted by molar-refractivity contribution is 7.14. The Morgan fingerprint density at radius 1 is 1.30 bits per heavy atom. The third-order valence-corrected chi connectivity index (χ3v) is 5.05. The van der Waals surface area contributed by atoms with Gasteiger partial charge in [0.05, 0.1) is 17.2 Å². The van der Waals surface area contributed by atoms with Crippen molar-refractivity contribution in [2.24, 2.45) is 0 Å². The molecule has 1 aliphatic rings. The van der Waals surface area contributed by atoms with E-state index in [0.717, 1.165) is 0 Å². The molecule has 1 aromatic heterocycles. The number of non-ortho nitro benzene ring substituents is 1. The zero-order valence-corrected chi connectivity index (χ0v) is 15.6. The first-order chi connectivity index (χ1) is 12.9. The van der Waals surface area contributed by atoms with Gasteiger partial charge in [0.15, 0.2) is 5.13 Å². The molecular formula is C17H19N5O4S. The van der Waals surface area contributed by atoms with Crippen LogP contribution in [0.15, 0.2) is 29.6 Å². The molecule has 0 spiro atoms. The Morgan fingerprint density at radius 3 is 2.70 bits per heavy atom. The van der Waals surface area contributed by atoms with Crippen molar-refractivity contribution in [1.29, 1.82) is 0 Å². The van der Waals surface area contributed by atoms with Crippen LogP contribution < -0.4 is 5.32 Å². The van der Waals surface area contributed by atoms with E-state index < -0.39 is 4.92 Å². The fourth-order valence-electron chi connectivity index (χ4n) is 2.83. The Bertz CT molecular complexity index is 861. The van der Waals surface area contributed by atoms with E-state index in [1.807, 2.05) is 4.90 Å². The van der Waals surface area contributed by atoms with Gasteiger partial charge in [0.25, 0.3) is 5.69 Å². The summed E-state index contributed by atoms with van der Waals surface area (Å²) in [5.41, 5.74) is 1.20. The number of rotatable bonds is 5. The van der Waals surface area contributed by atoms with Crippen molar-refractivity contribution in [3.05, 3.63) is 39.8 Å². The number of piperazine rings is 1. The van der Waals surface area contributed by atoms with Crippen molar-refractivity contribution in [2.75, 3.05) is 38.0 Å². The highest BCUT2D eigenvalue weighted by Crippen LogP contribution is 2.27. The minimum absolute atomic E-state index is 0.00390. The normalized spacial score (nSPS) is 14.8. The number of nitrogens with one attached hydrogen (secondary N) is 1. The summed E-state index contributed by atoms with van der Waals surface area (Å²) in [4.78, 5) is 42.1. The molecule has 1 aromatic carbocycles. The number of nitrogens with zero attached hydrogens (tertiary/aromatic N) is 4. The molecular weight excluding hydrogens is 370 g/mol. The largest absolute Gasteiger partial charge is 0.340 e. The van der Waals surface area contributed by atoms with Crippen LogP contribution in [0.3, 0.4) is 0 Å². The lowest BCUT2D eigenvalue weighted by molar-refractivity contribution is -0.384. The Hall–Kier alpha value is -2.85. The molecule has 1 saturated heterocycles. The van der Waals surface area contributed by atoms with Gasteiger partial charge in [0.1, 0.15) is 0 Å². The molecule has 27 heavy (non-hydrogen) atoms. The van der Waals surface area contributed by atoms with Crippen LogP contribution >= 0.6 is 11.3 Å². The minimum Gasteiger partial charge on any atom is -0.340 e. The van der Waals surface area contributed by atoms with E-state index in [4.69, 9.17) is 0 Å². The molecule has 9 nitrogen and oxygen atoms in total. The lowest BCUT2D eigenvalue weighted by atomic mass is 10.1. The smallest absolute Gasteiger partial charge is 0.270 e. The molecule has 1 aliphatic heterocycles. The molecule has 142 valence electrons. The van der Waals surface area contributed by atoms with Crippen LogP contribution in [-0.4, -0.2) is 64.2 Å². The maximum absolute atomic E-state index is 12.2. The number of benzene rings is 1. The number of nitro benzene ring substituents is 1. The number of hydrogen-bond acceptors (Lipinski definition) is 7. The maximum Gasteiger partial charge on any atom is 0.270 e. The molecule has 0 radical (unpaired) electrons. The zero-order valence-electron chi connectivity index (χ0n) is 14.8. The molecule has 0 bridgehead atoms. The summed E-state index contributed by atoms with van der Waals surface area (Å²) in [6, 6.07) is 6.22. The molecule has 0 saturated carbocycles. The van der Waals surface area contributed by atoms with E-state index in [1.54, 1.807) is 29.3 Å². The Morgan fingerprint density at radius 2 is 2.04 bits per heavy atom. The highest BCUT2D eigenvalue weighted by Gasteiger charge is 2.20. The van der Waals surface area contributed by atoms with E-state index in [9.17, 15) is 19.7 Å². The quantitative estimate of drug-likeness (QED) is 0.617. The molecule has 0 aliphatic carbocycles. The highest BCUT2D eigenvalue weighted by atomic mass is 32.1. The summed E-state index contributed by atoms with van der Waals surface area (Å²) in [5, 5.41) is 15.8. The third kappa shape index (κ3) is 4.86. The molecule has 2 heterocycles. The predicted molar refractivity (Wildman–Crippen MR) is 102 cm³/mol. The Kier molecular flexibility index (Phi) is 5.77. The Balaban J connectivity index is 1.56. The summed E-state index contributed by atoms with van der Waals surface area (Å²) in [6.07, 6.45) is 0. The van der Waals surface area contributed by atoms with Crippen LogP contribution in [0.2, 0.25) is 0 Å². The number of carbonyl (C=O) groups excluding carboxylic acids is 2. The SMILES string of the molecule is CC(=O)N1CCN(CC(=O)Nc2nc(-c3cccc([N+](=O)[O-])c3)cs2)CC1. The molecule has 0 unspecified atom stereocenters. The van der Waals surface area contributed by atoms with E-state index >= 15 is 0 Å². The second-order valence-corrected chi connectivity index (χ2v) is 7.03. The number of carbonyl (C=O) groups is 2. The van der Waals surface area contributed by atoms with Gasteiger partial charge in [0, 0.05) is 56.2 Å². The standard InChI is InChI=1S/C17H19N5O4S/c1-12(23)21-7-5-20(6-8-21)10-16(24)19-17-18-15(11-27-17)13-3-2-4-14(9-13)22(25)26/h2-4,9,11H,5-8,10H2,1H3,(H,18,19,24). The van der Waals surface area contributed by atoms with E-state index in [0.29, 0.717) is 42.6 Å². The fraction of sp³-hybridized carbons (Fsp3) is 0.353. The summed E-state index contributed by atoms with van der Waals surface area (Å²) in [5.74, 6) is -0.123. The second-order valence-electron chi connectivity index (χ2n) is 6.18. The number of hydrogen-bond donors (Lipinski definition) is 1. The summed E-state index contributed by atoms with van der Waals surface area (Å²) in [6.45, 7) is 4.34. The molecule has 10 heteroatoms. The first kappa shape index (κ1) is 18.9. The van der Waals surface area contributed by atoms with Gasteiger partial charge in [-0.3, -0.25) is 24.6 Å². The molecule has 0 atom stereocenters. The van der Waals surface area contributed by atoms with Crippen LogP contribution in [0.5, 0.6) is 0 Å². The average molecular weight is 389 g/mol. The van der Waals surface area contributed by atoms with Crippen LogP contribution in [0, 0.1) is 10.1 Å². The monoisotopic (exact) mass is 389 g/mol. The zero-order chi connectivity index (χ0) is 19.4. The predicted octanol–water partition coefficient (Wildman–Crippen LogP) is 1.82. The van der Waals surface area contributed by atoms with Gasteiger partial charge >= 0.3 is 0 Å². The van der Waals surface area contributed by atoms with Gasteiger partial charge in [-0.1, -0.05) is 12.1 Å². The van der Waals surface area contributed by atoms with Crippen LogP contribution in [-0.2, 0) is 9.59 Å². The first-order valence-electron chi connectivity index (χ1n) is 8.40.